The highest BCUT2D eigenvalue weighted by Gasteiger charge is 2.35. The molecule has 0 bridgehead atoms. The Bertz CT molecular complexity index is 1140. The van der Waals surface area contributed by atoms with Crippen LogP contribution in [0.5, 0.6) is 0 Å². The molecule has 0 unspecified atom stereocenters. The molecule has 0 atom stereocenters. The van der Waals surface area contributed by atoms with E-state index >= 15 is 0 Å². The number of esters is 1. The smallest absolute Gasteiger partial charge is 0.417 e. The Kier molecular flexibility index (Phi) is 6.56. The lowest BCUT2D eigenvalue weighted by molar-refractivity contribution is -0.137. The monoisotopic (exact) mass is 421 g/mol. The fraction of sp³-hybridized carbons (Fsp3) is 0.120. The van der Waals surface area contributed by atoms with Crippen LogP contribution in [0.25, 0.3) is 11.3 Å². The quantitative estimate of drug-likeness (QED) is 0.204. The molecule has 0 radical (unpaired) electrons. The van der Waals surface area contributed by atoms with Gasteiger partial charge in [0.05, 0.1) is 11.1 Å². The average molecular weight is 421 g/mol. The molecule has 0 heterocycles. The van der Waals surface area contributed by atoms with Crippen molar-refractivity contribution < 1.29 is 22.7 Å². The maximum absolute atomic E-state index is 13.7. The van der Waals surface area contributed by atoms with Crippen LogP contribution in [-0.2, 0) is 17.3 Å². The van der Waals surface area contributed by atoms with Crippen LogP contribution < -0.4 is 0 Å². The predicted octanol–water partition coefficient (Wildman–Crippen LogP) is 6.52. The predicted molar refractivity (Wildman–Crippen MR) is 112 cm³/mol. The maximum Gasteiger partial charge on any atom is 0.417 e. The second-order valence-electron chi connectivity index (χ2n) is 6.67. The number of ether oxygens (including phenoxy) is 1. The lowest BCUT2D eigenvalue weighted by Gasteiger charge is -2.17. The van der Waals surface area contributed by atoms with E-state index in [1.165, 1.54) is 30.3 Å². The van der Waals surface area contributed by atoms with Gasteiger partial charge < -0.3 is 4.74 Å². The second-order valence-corrected chi connectivity index (χ2v) is 6.67. The zero-order valence-corrected chi connectivity index (χ0v) is 16.6. The van der Waals surface area contributed by atoms with Gasteiger partial charge in [-0.2, -0.15) is 18.4 Å². The van der Waals surface area contributed by atoms with E-state index in [-0.39, 0.29) is 16.7 Å². The third-order valence-electron chi connectivity index (χ3n) is 4.67. The molecule has 0 spiro atoms. The van der Waals surface area contributed by atoms with Gasteiger partial charge in [0.2, 0.25) is 0 Å². The summed E-state index contributed by atoms with van der Waals surface area (Å²) in [5.74, 6) is -1.29. The Labute approximate surface area is 178 Å². The standard InChI is InChI=1S/C25H18F3NO2/c1-2-17-12-14-18(15-13-17)21(16-29)23(31-24(30)19-8-4-3-5-9-19)20-10-6-7-11-22(20)25(26,27)28/h3-15H,2H2,1H3. The van der Waals surface area contributed by atoms with Crippen molar-refractivity contribution in [1.29, 1.82) is 5.26 Å². The summed E-state index contributed by atoms with van der Waals surface area (Å²) in [4.78, 5) is 12.7. The average Bonchev–Trinajstić information content (AvgIpc) is 2.79. The minimum absolute atomic E-state index is 0.156. The molecule has 0 N–H and O–H groups in total. The van der Waals surface area contributed by atoms with E-state index in [2.05, 4.69) is 0 Å². The number of rotatable bonds is 5. The van der Waals surface area contributed by atoms with Crippen LogP contribution >= 0.6 is 0 Å². The molecule has 3 aromatic carbocycles. The molecule has 0 aliphatic carbocycles. The molecule has 0 amide bonds. The first-order chi connectivity index (χ1) is 14.8. The van der Waals surface area contributed by atoms with Crippen LogP contribution in [0, 0.1) is 11.3 Å². The normalized spacial score (nSPS) is 12.0. The van der Waals surface area contributed by atoms with Gasteiger partial charge >= 0.3 is 12.1 Å². The number of benzene rings is 3. The zero-order chi connectivity index (χ0) is 22.4. The summed E-state index contributed by atoms with van der Waals surface area (Å²) >= 11 is 0. The second kappa shape index (κ2) is 9.31. The van der Waals surface area contributed by atoms with Crippen molar-refractivity contribution in [2.24, 2.45) is 0 Å². The first-order valence-electron chi connectivity index (χ1n) is 9.52. The van der Waals surface area contributed by atoms with Gasteiger partial charge in [0.15, 0.2) is 5.76 Å². The molecule has 3 rings (SSSR count). The van der Waals surface area contributed by atoms with Crippen molar-refractivity contribution in [1.82, 2.24) is 0 Å². The largest absolute Gasteiger partial charge is 0.421 e. The molecule has 0 fully saturated rings. The highest BCUT2D eigenvalue weighted by atomic mass is 19.4. The van der Waals surface area contributed by atoms with Gasteiger partial charge in [0.1, 0.15) is 11.6 Å². The van der Waals surface area contributed by atoms with E-state index in [0.29, 0.717) is 5.56 Å². The summed E-state index contributed by atoms with van der Waals surface area (Å²) in [5.41, 5.74) is -0.0296. The van der Waals surface area contributed by atoms with Crippen LogP contribution in [-0.4, -0.2) is 5.97 Å². The number of carbonyl (C=O) groups is 1. The van der Waals surface area contributed by atoms with Crippen LogP contribution in [0.3, 0.4) is 0 Å². The van der Waals surface area contributed by atoms with Gasteiger partial charge in [-0.05, 0) is 35.7 Å². The highest BCUT2D eigenvalue weighted by molar-refractivity contribution is 6.01. The van der Waals surface area contributed by atoms with Gasteiger partial charge in [-0.25, -0.2) is 4.79 Å². The summed E-state index contributed by atoms with van der Waals surface area (Å²) in [6.07, 6.45) is -3.94. The van der Waals surface area contributed by atoms with Crippen LogP contribution in [0.4, 0.5) is 13.2 Å². The van der Waals surface area contributed by atoms with Crippen molar-refractivity contribution >= 4 is 17.3 Å². The molecule has 0 saturated heterocycles. The third-order valence-corrected chi connectivity index (χ3v) is 4.67. The van der Waals surface area contributed by atoms with Gasteiger partial charge in [-0.1, -0.05) is 67.6 Å². The lowest BCUT2D eigenvalue weighted by atomic mass is 9.97. The first-order valence-corrected chi connectivity index (χ1v) is 9.52. The molecular formula is C25H18F3NO2. The molecule has 3 nitrogen and oxygen atoms in total. The number of carbonyl (C=O) groups excluding carboxylic acids is 1. The number of alkyl halides is 3. The molecule has 3 aromatic rings. The lowest BCUT2D eigenvalue weighted by Crippen LogP contribution is -2.12. The van der Waals surface area contributed by atoms with Crippen molar-refractivity contribution in [3.05, 3.63) is 107 Å². The number of halogens is 3. The van der Waals surface area contributed by atoms with Gasteiger partial charge in [0, 0.05) is 5.56 Å². The molecule has 0 aliphatic rings. The van der Waals surface area contributed by atoms with Crippen molar-refractivity contribution in [2.45, 2.75) is 19.5 Å². The van der Waals surface area contributed by atoms with Crippen molar-refractivity contribution in [3.8, 4) is 6.07 Å². The Hall–Kier alpha value is -3.85. The van der Waals surface area contributed by atoms with E-state index in [1.54, 1.807) is 42.5 Å². The van der Waals surface area contributed by atoms with Gasteiger partial charge in [0.25, 0.3) is 0 Å². The summed E-state index contributed by atoms with van der Waals surface area (Å²) in [7, 11) is 0. The Balaban J connectivity index is 2.22. The van der Waals surface area contributed by atoms with E-state index in [0.717, 1.165) is 18.1 Å². The molecular weight excluding hydrogens is 403 g/mol. The fourth-order valence-corrected chi connectivity index (χ4v) is 3.05. The Morgan fingerprint density at radius 3 is 2.10 bits per heavy atom. The minimum atomic E-state index is -4.70. The van der Waals surface area contributed by atoms with Crippen LogP contribution in [0.1, 0.15) is 39.5 Å². The Morgan fingerprint density at radius 2 is 1.52 bits per heavy atom. The van der Waals surface area contributed by atoms with E-state index in [4.69, 9.17) is 4.74 Å². The van der Waals surface area contributed by atoms with E-state index in [1.807, 2.05) is 13.0 Å². The minimum Gasteiger partial charge on any atom is -0.421 e. The molecule has 0 saturated carbocycles. The van der Waals surface area contributed by atoms with Crippen molar-refractivity contribution in [2.75, 3.05) is 0 Å². The molecule has 6 heteroatoms. The highest BCUT2D eigenvalue weighted by Crippen LogP contribution is 2.38. The number of nitriles is 1. The fourth-order valence-electron chi connectivity index (χ4n) is 3.05. The number of allylic oxidation sites excluding steroid dienone is 1. The van der Waals surface area contributed by atoms with Crippen LogP contribution in [0.15, 0.2) is 78.9 Å². The zero-order valence-electron chi connectivity index (χ0n) is 16.6. The van der Waals surface area contributed by atoms with Crippen molar-refractivity contribution in [3.63, 3.8) is 0 Å². The van der Waals surface area contributed by atoms with Crippen LogP contribution in [0.2, 0.25) is 0 Å². The summed E-state index contributed by atoms with van der Waals surface area (Å²) < 4.78 is 46.5. The topological polar surface area (TPSA) is 50.1 Å². The Morgan fingerprint density at radius 1 is 0.903 bits per heavy atom. The van der Waals surface area contributed by atoms with E-state index < -0.39 is 23.5 Å². The number of nitrogens with zero attached hydrogens (tertiary/aromatic N) is 1. The number of hydrogen-bond donors (Lipinski definition) is 0. The SMILES string of the molecule is CCc1ccc(C(C#N)=C(OC(=O)c2ccccc2)c2ccccc2C(F)(F)F)cc1. The maximum atomic E-state index is 13.7. The van der Waals surface area contributed by atoms with E-state index in [9.17, 15) is 23.2 Å². The molecule has 31 heavy (non-hydrogen) atoms. The van der Waals surface area contributed by atoms with Gasteiger partial charge in [-0.15, -0.1) is 0 Å². The molecule has 0 aliphatic heterocycles. The number of aryl methyl sites for hydroxylation is 1. The first kappa shape index (κ1) is 21.8. The van der Waals surface area contributed by atoms with Gasteiger partial charge in [-0.3, -0.25) is 0 Å². The summed E-state index contributed by atoms with van der Waals surface area (Å²) in [6, 6.07) is 21.3. The summed E-state index contributed by atoms with van der Waals surface area (Å²) in [5, 5.41) is 9.83. The molecule has 156 valence electrons. The number of hydrogen-bond acceptors (Lipinski definition) is 3. The summed E-state index contributed by atoms with van der Waals surface area (Å²) in [6.45, 7) is 1.96. The third kappa shape index (κ3) is 5.01. The molecule has 0 aromatic heterocycles.